The zero-order valence-electron chi connectivity index (χ0n) is 6.90. The molecule has 10 heavy (non-hydrogen) atoms. The average Bonchev–Trinajstić information content (AvgIpc) is 1.63. The first-order valence-corrected chi connectivity index (χ1v) is 3.26. The van der Waals surface area contributed by atoms with Gasteiger partial charge in [0.05, 0.1) is 0 Å². The van der Waals surface area contributed by atoms with Crippen molar-refractivity contribution in [1.82, 2.24) is 0 Å². The molecule has 0 aromatic carbocycles. The second kappa shape index (κ2) is 7.62. The second-order valence-corrected chi connectivity index (χ2v) is 2.30. The van der Waals surface area contributed by atoms with Gasteiger partial charge in [0.25, 0.3) is 0 Å². The summed E-state index contributed by atoms with van der Waals surface area (Å²) in [5, 5.41) is 0. The van der Waals surface area contributed by atoms with Crippen LogP contribution in [0.1, 0.15) is 33.6 Å². The van der Waals surface area contributed by atoms with E-state index in [0.29, 0.717) is 6.42 Å². The van der Waals surface area contributed by atoms with Crippen LogP contribution >= 0.6 is 0 Å². The van der Waals surface area contributed by atoms with Gasteiger partial charge in [-0.1, -0.05) is 27.2 Å². The van der Waals surface area contributed by atoms with Crippen LogP contribution in [0, 0.1) is 6.08 Å². The number of carbonyl (C=O) groups excluding carboxylic acids is 1. The monoisotopic (exact) mass is 214 g/mol. The Labute approximate surface area is 88.1 Å². The van der Waals surface area contributed by atoms with Gasteiger partial charge in [-0.25, -0.2) is 0 Å². The normalized spacial score (nSPS) is 7.90. The van der Waals surface area contributed by atoms with Crippen LogP contribution in [0.3, 0.4) is 0 Å². The van der Waals surface area contributed by atoms with E-state index in [9.17, 15) is 4.79 Å². The van der Waals surface area contributed by atoms with Crippen molar-refractivity contribution in [2.24, 2.45) is 0 Å². The first-order valence-electron chi connectivity index (χ1n) is 3.26. The molecule has 2 heteroatoms. The molecular formula is C8H13OY+2. The van der Waals surface area contributed by atoms with Crippen LogP contribution in [0.5, 0.6) is 0 Å². The van der Waals surface area contributed by atoms with Gasteiger partial charge in [0, 0.05) is 0 Å². The Morgan fingerprint density at radius 1 is 1.40 bits per heavy atom. The summed E-state index contributed by atoms with van der Waals surface area (Å²) in [7, 11) is 0. The van der Waals surface area contributed by atoms with Crippen LogP contribution in [0.25, 0.3) is 0 Å². The third-order valence-corrected chi connectivity index (χ3v) is 0.866. The van der Waals surface area contributed by atoms with Crippen LogP contribution in [-0.4, -0.2) is 5.78 Å². The fraction of sp³-hybridized carbons (Fsp3) is 0.625. The van der Waals surface area contributed by atoms with Crippen LogP contribution < -0.4 is 0 Å². The van der Waals surface area contributed by atoms with Crippen molar-refractivity contribution in [3.05, 3.63) is 11.6 Å². The number of hydrogen-bond donors (Lipinski definition) is 0. The van der Waals surface area contributed by atoms with Gasteiger partial charge in [0.1, 0.15) is 0 Å². The van der Waals surface area contributed by atoms with Gasteiger partial charge < -0.3 is 10.9 Å². The molecule has 0 saturated heterocycles. The molecule has 1 nitrogen and oxygen atoms in total. The van der Waals surface area contributed by atoms with Crippen molar-refractivity contribution < 1.29 is 37.5 Å². The van der Waals surface area contributed by atoms with E-state index in [1.807, 2.05) is 20.8 Å². The molecule has 52 valence electrons. The zero-order chi connectivity index (χ0) is 7.28. The zero-order valence-corrected chi connectivity index (χ0v) is 9.74. The number of carbonyl (C=O) groups is 1. The van der Waals surface area contributed by atoms with Gasteiger partial charge in [-0.2, -0.15) is 0 Å². The molecule has 0 saturated carbocycles. The maximum absolute atomic E-state index is 10.7. The Morgan fingerprint density at radius 2 is 1.90 bits per heavy atom. The van der Waals surface area contributed by atoms with E-state index >= 15 is 0 Å². The largest absolute Gasteiger partial charge is 3.00 e. The Hall–Kier alpha value is 0.514. The van der Waals surface area contributed by atoms with Gasteiger partial charge in [0.2, 0.25) is 0 Å². The van der Waals surface area contributed by atoms with Crippen molar-refractivity contribution in [2.45, 2.75) is 33.6 Å². The molecule has 0 spiro atoms. The van der Waals surface area contributed by atoms with Gasteiger partial charge in [-0.3, -0.25) is 5.57 Å². The SMILES string of the molecule is CCCC(=O)[C-]=C(C)C.[Y+3]. The molecule has 0 aliphatic carbocycles. The summed E-state index contributed by atoms with van der Waals surface area (Å²) in [5.41, 5.74) is 0.966. The Morgan fingerprint density at radius 3 is 2.20 bits per heavy atom. The average molecular weight is 214 g/mol. The fourth-order valence-electron chi connectivity index (χ4n) is 0.568. The Kier molecular flexibility index (Phi) is 10.0. The molecule has 0 atom stereocenters. The minimum Gasteiger partial charge on any atom is -0.428 e. The van der Waals surface area contributed by atoms with Crippen LogP contribution in [0.15, 0.2) is 5.57 Å². The van der Waals surface area contributed by atoms with E-state index in [-0.39, 0.29) is 38.5 Å². The van der Waals surface area contributed by atoms with E-state index in [1.54, 1.807) is 0 Å². The molecule has 0 aliphatic rings. The van der Waals surface area contributed by atoms with Crippen molar-refractivity contribution in [2.75, 3.05) is 0 Å². The molecule has 0 bridgehead atoms. The van der Waals surface area contributed by atoms with E-state index < -0.39 is 0 Å². The van der Waals surface area contributed by atoms with Crippen LogP contribution in [0.2, 0.25) is 0 Å². The summed E-state index contributed by atoms with van der Waals surface area (Å²) < 4.78 is 0. The predicted octanol–water partition coefficient (Wildman–Crippen LogP) is 2.12. The number of Topliss-reactive ketones (excluding diaryl/α,β-unsaturated/α-hetero) is 1. The summed E-state index contributed by atoms with van der Waals surface area (Å²) in [6.07, 6.45) is 4.27. The molecule has 0 heterocycles. The van der Waals surface area contributed by atoms with Gasteiger partial charge in [-0.15, -0.1) is 0 Å². The van der Waals surface area contributed by atoms with E-state index in [0.717, 1.165) is 12.0 Å². The molecule has 0 radical (unpaired) electrons. The topological polar surface area (TPSA) is 17.1 Å². The molecule has 0 aromatic rings. The fourth-order valence-corrected chi connectivity index (χ4v) is 0.568. The molecule has 0 rings (SSSR count). The standard InChI is InChI=1S/C8H13O.Y/c1-4-5-8(9)6-7(2)3;/h4-5H2,1-3H3;/q-1;+3. The van der Waals surface area contributed by atoms with Gasteiger partial charge >= 0.3 is 32.7 Å². The second-order valence-electron chi connectivity index (χ2n) is 2.30. The summed E-state index contributed by atoms with van der Waals surface area (Å²) in [6.45, 7) is 5.76. The Balaban J connectivity index is 0. The summed E-state index contributed by atoms with van der Waals surface area (Å²) in [4.78, 5) is 10.7. The predicted molar refractivity (Wildman–Crippen MR) is 38.0 cm³/mol. The Bertz CT molecular complexity index is 123. The minimum absolute atomic E-state index is 0. The van der Waals surface area contributed by atoms with Crippen LogP contribution in [0.4, 0.5) is 0 Å². The number of hydrogen-bond acceptors (Lipinski definition) is 1. The maximum atomic E-state index is 10.7. The van der Waals surface area contributed by atoms with E-state index in [4.69, 9.17) is 0 Å². The third-order valence-electron chi connectivity index (χ3n) is 0.866. The third kappa shape index (κ3) is 8.51. The summed E-state index contributed by atoms with van der Waals surface area (Å²) >= 11 is 0. The number of ketones is 1. The maximum Gasteiger partial charge on any atom is 3.00 e. The summed E-state index contributed by atoms with van der Waals surface area (Å²) in [5.74, 6) is 0.123. The van der Waals surface area contributed by atoms with E-state index in [2.05, 4.69) is 6.08 Å². The first-order chi connectivity index (χ1) is 4.16. The van der Waals surface area contributed by atoms with Gasteiger partial charge in [0.15, 0.2) is 0 Å². The van der Waals surface area contributed by atoms with Crippen LogP contribution in [-0.2, 0) is 37.5 Å². The molecule has 0 aromatic heterocycles. The smallest absolute Gasteiger partial charge is 0.428 e. The van der Waals surface area contributed by atoms with E-state index in [1.165, 1.54) is 0 Å². The molecule has 0 N–H and O–H groups in total. The number of allylic oxidation sites excluding steroid dienone is 2. The van der Waals surface area contributed by atoms with Crippen molar-refractivity contribution in [3.8, 4) is 0 Å². The first kappa shape index (κ1) is 13.1. The minimum atomic E-state index is 0. The van der Waals surface area contributed by atoms with Crippen molar-refractivity contribution >= 4 is 5.78 Å². The molecule has 0 unspecified atom stereocenters. The van der Waals surface area contributed by atoms with Gasteiger partial charge in [-0.05, 0) is 12.2 Å². The molecule has 0 fully saturated rings. The number of rotatable bonds is 3. The molecule has 0 aliphatic heterocycles. The quantitative estimate of drug-likeness (QED) is 0.519. The summed E-state index contributed by atoms with van der Waals surface area (Å²) in [6, 6.07) is 0. The molecular weight excluding hydrogens is 201 g/mol. The van der Waals surface area contributed by atoms with Crippen molar-refractivity contribution in [1.29, 1.82) is 0 Å². The van der Waals surface area contributed by atoms with Crippen molar-refractivity contribution in [3.63, 3.8) is 0 Å². The molecule has 0 amide bonds.